The molecule has 0 aromatic heterocycles. The van der Waals surface area contributed by atoms with Gasteiger partial charge in [-0.3, -0.25) is 9.35 Å². The molecule has 1 heterocycles. The van der Waals surface area contributed by atoms with Crippen molar-refractivity contribution in [2.75, 3.05) is 26.4 Å². The van der Waals surface area contributed by atoms with Gasteiger partial charge >= 0.3 is 16.4 Å². The number of carbonyl (C=O) groups is 1. The maximum absolute atomic E-state index is 12.9. The standard InChI is InChI=1S/C57H94O12S/c1-3-5-7-9-11-13-15-17-19-21-22-23-24-25-26-27-28-29-31-33-35-37-39-41-43-45-47-65-49-51(50-66-57-55(61)56(69-70(62,63)64)54(60)52(48-58)68-57)67-53(59)46-44-42-40-38-36-34-32-30-20-18-16-14-12-10-8-6-4-2/h5,7,11-14,17-20,22-23,25-26,28-29,33,35,51-52,54-58,60-61H,3-4,6,8-10,15-16,21,24,27,30-32,34,36-50H2,1-2H3,(H,62,63,64)/b7-5-,13-11-,14-12-,19-17-,20-18-,23-22-,26-25-,29-28-,35-33-. The fraction of sp³-hybridized carbons (Fsp3) is 0.667. The topological polar surface area (TPSA) is 178 Å². The Morgan fingerprint density at radius 3 is 1.44 bits per heavy atom. The van der Waals surface area contributed by atoms with E-state index in [4.69, 9.17) is 18.9 Å². The van der Waals surface area contributed by atoms with Gasteiger partial charge in [0.05, 0.1) is 19.8 Å². The van der Waals surface area contributed by atoms with Crippen LogP contribution >= 0.6 is 0 Å². The van der Waals surface area contributed by atoms with Crippen molar-refractivity contribution in [3.8, 4) is 0 Å². The summed E-state index contributed by atoms with van der Waals surface area (Å²) in [6, 6.07) is 0. The van der Waals surface area contributed by atoms with Gasteiger partial charge in [-0.05, 0) is 103 Å². The van der Waals surface area contributed by atoms with Crippen molar-refractivity contribution in [3.63, 3.8) is 0 Å². The Morgan fingerprint density at radius 1 is 0.557 bits per heavy atom. The summed E-state index contributed by atoms with van der Waals surface area (Å²) in [5.74, 6) is -0.421. The minimum Gasteiger partial charge on any atom is -0.457 e. The summed E-state index contributed by atoms with van der Waals surface area (Å²) in [6.07, 6.45) is 56.9. The van der Waals surface area contributed by atoms with E-state index in [2.05, 4.69) is 127 Å². The first kappa shape index (κ1) is 64.8. The van der Waals surface area contributed by atoms with Crippen LogP contribution in [0.2, 0.25) is 0 Å². The molecule has 0 aliphatic carbocycles. The van der Waals surface area contributed by atoms with E-state index in [1.165, 1.54) is 38.5 Å². The van der Waals surface area contributed by atoms with E-state index in [1.54, 1.807) is 0 Å². The number of esters is 1. The second-order valence-corrected chi connectivity index (χ2v) is 18.8. The molecule has 0 aromatic rings. The molecule has 0 aromatic carbocycles. The summed E-state index contributed by atoms with van der Waals surface area (Å²) in [4.78, 5) is 12.9. The number of aliphatic hydroxyl groups excluding tert-OH is 3. The number of rotatable bonds is 45. The third kappa shape index (κ3) is 39.4. The second-order valence-electron chi connectivity index (χ2n) is 17.7. The van der Waals surface area contributed by atoms with Gasteiger partial charge in [-0.15, -0.1) is 0 Å². The summed E-state index contributed by atoms with van der Waals surface area (Å²) in [5.41, 5.74) is 0. The molecular weight excluding hydrogens is 909 g/mol. The molecular formula is C57H94O12S. The summed E-state index contributed by atoms with van der Waals surface area (Å²) >= 11 is 0. The van der Waals surface area contributed by atoms with Crippen molar-refractivity contribution in [1.29, 1.82) is 0 Å². The summed E-state index contributed by atoms with van der Waals surface area (Å²) in [7, 11) is -5.08. The van der Waals surface area contributed by atoms with Gasteiger partial charge in [0.2, 0.25) is 0 Å². The zero-order valence-corrected chi connectivity index (χ0v) is 43.8. The zero-order chi connectivity index (χ0) is 51.0. The zero-order valence-electron chi connectivity index (χ0n) is 43.0. The smallest absolute Gasteiger partial charge is 0.397 e. The fourth-order valence-corrected chi connectivity index (χ4v) is 7.90. The summed E-state index contributed by atoms with van der Waals surface area (Å²) in [5, 5.41) is 30.8. The Morgan fingerprint density at radius 2 is 0.986 bits per heavy atom. The number of unbranched alkanes of at least 4 members (excludes halogenated alkanes) is 14. The molecule has 1 rings (SSSR count). The van der Waals surface area contributed by atoms with Gasteiger partial charge in [-0.25, -0.2) is 4.18 Å². The van der Waals surface area contributed by atoms with Gasteiger partial charge < -0.3 is 34.3 Å². The molecule has 13 heteroatoms. The van der Waals surface area contributed by atoms with Gasteiger partial charge in [0.15, 0.2) is 6.29 Å². The highest BCUT2D eigenvalue weighted by atomic mass is 32.3. The largest absolute Gasteiger partial charge is 0.457 e. The van der Waals surface area contributed by atoms with Crippen molar-refractivity contribution in [1.82, 2.24) is 0 Å². The average Bonchev–Trinajstić information content (AvgIpc) is 3.34. The molecule has 6 unspecified atom stereocenters. The third-order valence-corrected chi connectivity index (χ3v) is 11.8. The van der Waals surface area contributed by atoms with Crippen molar-refractivity contribution >= 4 is 16.4 Å². The van der Waals surface area contributed by atoms with Crippen molar-refractivity contribution in [2.24, 2.45) is 0 Å². The van der Waals surface area contributed by atoms with Crippen LogP contribution in [0.15, 0.2) is 109 Å². The molecule has 1 fully saturated rings. The fourth-order valence-electron chi connectivity index (χ4n) is 7.39. The number of aliphatic hydroxyl groups is 3. The highest BCUT2D eigenvalue weighted by Crippen LogP contribution is 2.26. The van der Waals surface area contributed by atoms with E-state index in [1.807, 2.05) is 0 Å². The van der Waals surface area contributed by atoms with Crippen molar-refractivity contribution in [2.45, 2.75) is 218 Å². The third-order valence-electron chi connectivity index (χ3n) is 11.4. The average molecular weight is 1000 g/mol. The second kappa shape index (κ2) is 46.8. The lowest BCUT2D eigenvalue weighted by Crippen LogP contribution is -2.60. The monoisotopic (exact) mass is 1000 g/mol. The Labute approximate surface area is 424 Å². The number of allylic oxidation sites excluding steroid dienone is 18. The molecule has 400 valence electrons. The molecule has 0 amide bonds. The van der Waals surface area contributed by atoms with Gasteiger partial charge in [0.25, 0.3) is 0 Å². The van der Waals surface area contributed by atoms with Crippen LogP contribution in [-0.4, -0.2) is 97.5 Å². The van der Waals surface area contributed by atoms with Crippen LogP contribution in [-0.2, 0) is 38.3 Å². The number of ether oxygens (including phenoxy) is 4. The van der Waals surface area contributed by atoms with E-state index in [0.29, 0.717) is 13.0 Å². The van der Waals surface area contributed by atoms with Gasteiger partial charge in [-0.1, -0.05) is 181 Å². The highest BCUT2D eigenvalue weighted by molar-refractivity contribution is 7.80. The van der Waals surface area contributed by atoms with Gasteiger partial charge in [-0.2, -0.15) is 8.42 Å². The quantitative estimate of drug-likeness (QED) is 0.0197. The van der Waals surface area contributed by atoms with E-state index < -0.39 is 59.8 Å². The van der Waals surface area contributed by atoms with Gasteiger partial charge in [0, 0.05) is 13.0 Å². The Hall–Kier alpha value is -3.24. The predicted octanol–water partition coefficient (Wildman–Crippen LogP) is 12.7. The van der Waals surface area contributed by atoms with E-state index in [0.717, 1.165) is 116 Å². The molecule has 0 bridgehead atoms. The Bertz CT molecular complexity index is 1630. The Kier molecular flexibility index (Phi) is 43.3. The number of hydrogen-bond acceptors (Lipinski definition) is 11. The molecule has 1 aliphatic heterocycles. The van der Waals surface area contributed by atoms with E-state index in [-0.39, 0.29) is 19.6 Å². The van der Waals surface area contributed by atoms with Crippen LogP contribution in [0.3, 0.4) is 0 Å². The lowest BCUT2D eigenvalue weighted by atomic mass is 9.99. The number of carbonyl (C=O) groups excluding carboxylic acids is 1. The summed E-state index contributed by atoms with van der Waals surface area (Å²) in [6.45, 7) is 3.77. The minimum atomic E-state index is -5.08. The molecule has 70 heavy (non-hydrogen) atoms. The molecule has 0 saturated carbocycles. The molecule has 12 nitrogen and oxygen atoms in total. The van der Waals surface area contributed by atoms with Crippen LogP contribution in [0.5, 0.6) is 0 Å². The molecule has 4 N–H and O–H groups in total. The minimum absolute atomic E-state index is 0.00777. The lowest BCUT2D eigenvalue weighted by Gasteiger charge is -2.41. The summed E-state index contributed by atoms with van der Waals surface area (Å²) < 4.78 is 59.3. The molecule has 1 aliphatic rings. The van der Waals surface area contributed by atoms with Crippen LogP contribution in [0.1, 0.15) is 181 Å². The van der Waals surface area contributed by atoms with Crippen LogP contribution < -0.4 is 0 Å². The molecule has 6 atom stereocenters. The Balaban J connectivity index is 2.38. The number of hydrogen-bond donors (Lipinski definition) is 4. The van der Waals surface area contributed by atoms with Gasteiger partial charge in [0.1, 0.15) is 30.5 Å². The van der Waals surface area contributed by atoms with Crippen LogP contribution in [0.4, 0.5) is 0 Å². The van der Waals surface area contributed by atoms with Crippen molar-refractivity contribution < 1.29 is 56.2 Å². The first-order valence-electron chi connectivity index (χ1n) is 26.6. The normalized spacial score (nSPS) is 20.0. The maximum atomic E-state index is 12.9. The first-order valence-corrected chi connectivity index (χ1v) is 28.0. The van der Waals surface area contributed by atoms with E-state index >= 15 is 0 Å². The maximum Gasteiger partial charge on any atom is 0.397 e. The van der Waals surface area contributed by atoms with E-state index in [9.17, 15) is 33.1 Å². The predicted molar refractivity (Wildman–Crippen MR) is 284 cm³/mol. The first-order chi connectivity index (χ1) is 34.1. The lowest BCUT2D eigenvalue weighted by molar-refractivity contribution is -0.301. The highest BCUT2D eigenvalue weighted by Gasteiger charge is 2.48. The molecule has 0 spiro atoms. The van der Waals surface area contributed by atoms with Crippen molar-refractivity contribution in [3.05, 3.63) is 109 Å². The molecule has 0 radical (unpaired) electrons. The van der Waals surface area contributed by atoms with Crippen LogP contribution in [0, 0.1) is 0 Å². The molecule has 1 saturated heterocycles. The SMILES string of the molecule is CC/C=C\C/C=C\C/C=C\C/C=C\C/C=C\C/C=C\C/C=C\CCCCCCOCC(COC1OC(CO)C(O)C(OS(=O)(=O)O)C1O)OC(=O)CCCCCCCCC/C=C\C/C=C\CCCCC. The van der Waals surface area contributed by atoms with Crippen LogP contribution in [0.25, 0.3) is 0 Å².